The summed E-state index contributed by atoms with van der Waals surface area (Å²) in [6.07, 6.45) is 1.88. The van der Waals surface area contributed by atoms with Gasteiger partial charge in [-0.2, -0.15) is 0 Å². The van der Waals surface area contributed by atoms with Crippen LogP contribution < -0.4 is 4.74 Å². The summed E-state index contributed by atoms with van der Waals surface area (Å²) in [5, 5.41) is 0. The minimum atomic E-state index is 0.141. The number of carbonyl (C=O) groups is 1. The number of ether oxygens (including phenoxy) is 1. The van der Waals surface area contributed by atoms with Gasteiger partial charge < -0.3 is 9.64 Å². The molecular formula is C23H30N2O2. The van der Waals surface area contributed by atoms with Crippen molar-refractivity contribution in [2.45, 2.75) is 32.9 Å². The minimum absolute atomic E-state index is 0.141. The fourth-order valence-electron chi connectivity index (χ4n) is 3.80. The highest BCUT2D eigenvalue weighted by atomic mass is 16.5. The van der Waals surface area contributed by atoms with Gasteiger partial charge in [-0.05, 0) is 56.1 Å². The predicted molar refractivity (Wildman–Crippen MR) is 109 cm³/mol. The first kappa shape index (κ1) is 19.4. The molecule has 1 aliphatic heterocycles. The van der Waals surface area contributed by atoms with Crippen LogP contribution in [0.5, 0.6) is 5.75 Å². The standard InChI is InChI=1S/C23H30N2O2/c1-18-5-4-6-20(15-18)17-25-13-11-21(12-14-25)23(26)24(2)16-19-7-9-22(27-3)10-8-19/h4-10,15,21H,11-14,16-17H2,1-3H3. The van der Waals surface area contributed by atoms with Gasteiger partial charge in [0.25, 0.3) is 0 Å². The van der Waals surface area contributed by atoms with Crippen molar-refractivity contribution >= 4 is 5.91 Å². The number of carbonyl (C=O) groups excluding carboxylic acids is 1. The zero-order valence-electron chi connectivity index (χ0n) is 16.6. The number of hydrogen-bond donors (Lipinski definition) is 0. The van der Waals surface area contributed by atoms with Gasteiger partial charge in [0.1, 0.15) is 5.75 Å². The third kappa shape index (κ3) is 5.33. The number of rotatable bonds is 6. The molecule has 1 fully saturated rings. The SMILES string of the molecule is COc1ccc(CN(C)C(=O)C2CCN(Cc3cccc(C)c3)CC2)cc1. The molecule has 0 unspecified atom stereocenters. The van der Waals surface area contributed by atoms with E-state index in [0.29, 0.717) is 6.54 Å². The Kier molecular flexibility index (Phi) is 6.51. The van der Waals surface area contributed by atoms with Crippen molar-refractivity contribution in [2.24, 2.45) is 5.92 Å². The molecule has 27 heavy (non-hydrogen) atoms. The van der Waals surface area contributed by atoms with E-state index in [-0.39, 0.29) is 11.8 Å². The molecule has 0 atom stereocenters. The van der Waals surface area contributed by atoms with E-state index >= 15 is 0 Å². The number of likely N-dealkylation sites (tertiary alicyclic amines) is 1. The molecule has 0 aromatic heterocycles. The second kappa shape index (κ2) is 9.05. The predicted octanol–water partition coefficient (Wildman–Crippen LogP) is 3.87. The van der Waals surface area contributed by atoms with Gasteiger partial charge in [-0.25, -0.2) is 0 Å². The molecule has 0 saturated carbocycles. The lowest BCUT2D eigenvalue weighted by Crippen LogP contribution is -2.40. The largest absolute Gasteiger partial charge is 0.497 e. The number of hydrogen-bond acceptors (Lipinski definition) is 3. The average Bonchev–Trinajstić information content (AvgIpc) is 2.68. The highest BCUT2D eigenvalue weighted by Crippen LogP contribution is 2.22. The van der Waals surface area contributed by atoms with Crippen molar-refractivity contribution in [3.05, 3.63) is 65.2 Å². The molecule has 3 rings (SSSR count). The normalized spacial score (nSPS) is 15.5. The van der Waals surface area contributed by atoms with E-state index in [1.54, 1.807) is 7.11 Å². The third-order valence-corrected chi connectivity index (χ3v) is 5.38. The van der Waals surface area contributed by atoms with Crippen LogP contribution in [-0.2, 0) is 17.9 Å². The Hall–Kier alpha value is -2.33. The van der Waals surface area contributed by atoms with Crippen molar-refractivity contribution in [3.63, 3.8) is 0 Å². The molecule has 2 aromatic rings. The summed E-state index contributed by atoms with van der Waals surface area (Å²) in [7, 11) is 3.57. The molecule has 1 saturated heterocycles. The summed E-state index contributed by atoms with van der Waals surface area (Å²) in [4.78, 5) is 17.1. The van der Waals surface area contributed by atoms with Gasteiger partial charge in [0.2, 0.25) is 5.91 Å². The van der Waals surface area contributed by atoms with Crippen molar-refractivity contribution in [1.82, 2.24) is 9.80 Å². The van der Waals surface area contributed by atoms with E-state index < -0.39 is 0 Å². The van der Waals surface area contributed by atoms with E-state index in [4.69, 9.17) is 4.74 Å². The maximum absolute atomic E-state index is 12.8. The summed E-state index contributed by atoms with van der Waals surface area (Å²) in [6, 6.07) is 16.6. The van der Waals surface area contributed by atoms with Crippen LogP contribution in [0.15, 0.2) is 48.5 Å². The van der Waals surface area contributed by atoms with Crippen LogP contribution in [0.4, 0.5) is 0 Å². The first-order chi connectivity index (χ1) is 13.0. The lowest BCUT2D eigenvalue weighted by molar-refractivity contribution is -0.136. The molecule has 0 spiro atoms. The van der Waals surface area contributed by atoms with Crippen molar-refractivity contribution in [3.8, 4) is 5.75 Å². The Balaban J connectivity index is 1.48. The van der Waals surface area contributed by atoms with Crippen molar-refractivity contribution in [1.29, 1.82) is 0 Å². The van der Waals surface area contributed by atoms with Gasteiger partial charge in [0.05, 0.1) is 7.11 Å². The Labute approximate surface area is 162 Å². The second-order valence-electron chi connectivity index (χ2n) is 7.58. The molecule has 1 heterocycles. The average molecular weight is 367 g/mol. The van der Waals surface area contributed by atoms with Gasteiger partial charge >= 0.3 is 0 Å². The Morgan fingerprint density at radius 2 is 1.81 bits per heavy atom. The van der Waals surface area contributed by atoms with Gasteiger partial charge in [0.15, 0.2) is 0 Å². The second-order valence-corrected chi connectivity index (χ2v) is 7.58. The molecule has 0 aliphatic carbocycles. The monoisotopic (exact) mass is 366 g/mol. The van der Waals surface area contributed by atoms with Gasteiger partial charge in [-0.1, -0.05) is 42.0 Å². The minimum Gasteiger partial charge on any atom is -0.497 e. The smallest absolute Gasteiger partial charge is 0.225 e. The lowest BCUT2D eigenvalue weighted by atomic mass is 9.94. The summed E-state index contributed by atoms with van der Waals surface area (Å²) in [6.45, 7) is 5.73. The van der Waals surface area contributed by atoms with Crippen LogP contribution in [0.3, 0.4) is 0 Å². The summed E-state index contributed by atoms with van der Waals surface area (Å²) in [5.74, 6) is 1.25. The molecule has 0 radical (unpaired) electrons. The molecule has 4 nitrogen and oxygen atoms in total. The molecular weight excluding hydrogens is 336 g/mol. The topological polar surface area (TPSA) is 32.8 Å². The quantitative estimate of drug-likeness (QED) is 0.778. The van der Waals surface area contributed by atoms with Crippen LogP contribution >= 0.6 is 0 Å². The van der Waals surface area contributed by atoms with Crippen LogP contribution in [0.1, 0.15) is 29.5 Å². The van der Waals surface area contributed by atoms with E-state index in [1.807, 2.05) is 36.2 Å². The molecule has 0 bridgehead atoms. The third-order valence-electron chi connectivity index (χ3n) is 5.38. The lowest BCUT2D eigenvalue weighted by Gasteiger charge is -2.33. The fourth-order valence-corrected chi connectivity index (χ4v) is 3.80. The van der Waals surface area contributed by atoms with Gasteiger partial charge in [0, 0.05) is 26.1 Å². The first-order valence-electron chi connectivity index (χ1n) is 9.71. The van der Waals surface area contributed by atoms with E-state index in [1.165, 1.54) is 11.1 Å². The van der Waals surface area contributed by atoms with Crippen molar-refractivity contribution in [2.75, 3.05) is 27.2 Å². The van der Waals surface area contributed by atoms with E-state index in [2.05, 4.69) is 36.1 Å². The molecule has 1 amide bonds. The van der Waals surface area contributed by atoms with Crippen LogP contribution in [0.2, 0.25) is 0 Å². The molecule has 4 heteroatoms. The van der Waals surface area contributed by atoms with Gasteiger partial charge in [-0.3, -0.25) is 9.69 Å². The number of aryl methyl sites for hydroxylation is 1. The Bertz CT molecular complexity index is 749. The Morgan fingerprint density at radius 1 is 1.11 bits per heavy atom. The number of nitrogens with zero attached hydrogens (tertiary/aromatic N) is 2. The molecule has 0 N–H and O–H groups in total. The summed E-state index contributed by atoms with van der Waals surface area (Å²) < 4.78 is 5.19. The van der Waals surface area contributed by atoms with Crippen molar-refractivity contribution < 1.29 is 9.53 Å². The van der Waals surface area contributed by atoms with Crippen LogP contribution in [-0.4, -0.2) is 43.0 Å². The zero-order chi connectivity index (χ0) is 19.2. The van der Waals surface area contributed by atoms with E-state index in [9.17, 15) is 4.79 Å². The zero-order valence-corrected chi connectivity index (χ0v) is 16.6. The van der Waals surface area contributed by atoms with Crippen LogP contribution in [0.25, 0.3) is 0 Å². The summed E-state index contributed by atoms with van der Waals surface area (Å²) in [5.41, 5.74) is 3.79. The maximum Gasteiger partial charge on any atom is 0.225 e. The maximum atomic E-state index is 12.8. The molecule has 2 aromatic carbocycles. The van der Waals surface area contributed by atoms with E-state index in [0.717, 1.165) is 43.8 Å². The first-order valence-corrected chi connectivity index (χ1v) is 9.71. The number of piperidine rings is 1. The highest BCUT2D eigenvalue weighted by Gasteiger charge is 2.27. The molecule has 144 valence electrons. The number of amides is 1. The highest BCUT2D eigenvalue weighted by molar-refractivity contribution is 5.78. The summed E-state index contributed by atoms with van der Waals surface area (Å²) >= 11 is 0. The molecule has 1 aliphatic rings. The Morgan fingerprint density at radius 3 is 2.44 bits per heavy atom. The fraction of sp³-hybridized carbons (Fsp3) is 0.435. The van der Waals surface area contributed by atoms with Gasteiger partial charge in [-0.15, -0.1) is 0 Å². The number of benzene rings is 2. The number of methoxy groups -OCH3 is 1. The van der Waals surface area contributed by atoms with Crippen LogP contribution in [0, 0.1) is 12.8 Å².